The van der Waals surface area contributed by atoms with Crippen LogP contribution in [0.3, 0.4) is 0 Å². The average molecular weight is 196 g/mol. The SMILES string of the molecule is O.O.O.[Mg].c1ccc2[nH]cnc2c1. The minimum absolute atomic E-state index is 0. The number of nitrogens with zero attached hydrogens (tertiary/aromatic N) is 1. The van der Waals surface area contributed by atoms with Gasteiger partial charge < -0.3 is 21.4 Å². The molecule has 1 aromatic heterocycles. The van der Waals surface area contributed by atoms with Crippen LogP contribution in [0.5, 0.6) is 0 Å². The third-order valence-corrected chi connectivity index (χ3v) is 1.33. The molecule has 1 heterocycles. The quantitative estimate of drug-likeness (QED) is 0.517. The van der Waals surface area contributed by atoms with Crippen molar-refractivity contribution < 1.29 is 16.4 Å². The van der Waals surface area contributed by atoms with E-state index in [1.165, 1.54) is 0 Å². The number of aromatic amines is 1. The highest BCUT2D eigenvalue weighted by atomic mass is 24.3. The number of nitrogens with one attached hydrogen (secondary N) is 1. The molecular weight excluding hydrogens is 184 g/mol. The van der Waals surface area contributed by atoms with Crippen LogP contribution in [0.25, 0.3) is 11.0 Å². The van der Waals surface area contributed by atoms with Gasteiger partial charge in [-0.3, -0.25) is 0 Å². The van der Waals surface area contributed by atoms with Gasteiger partial charge in [-0.2, -0.15) is 0 Å². The van der Waals surface area contributed by atoms with Gasteiger partial charge in [0, 0.05) is 23.1 Å². The highest BCUT2D eigenvalue weighted by Gasteiger charge is 1.88. The fourth-order valence-electron chi connectivity index (χ4n) is 0.880. The van der Waals surface area contributed by atoms with Gasteiger partial charge in [-0.05, 0) is 12.1 Å². The van der Waals surface area contributed by atoms with E-state index >= 15 is 0 Å². The number of H-pyrrole nitrogens is 1. The Labute approximate surface area is 91.3 Å². The first-order chi connectivity index (χ1) is 4.47. The van der Waals surface area contributed by atoms with Crippen molar-refractivity contribution in [2.45, 2.75) is 0 Å². The first-order valence-electron chi connectivity index (χ1n) is 2.85. The monoisotopic (exact) mass is 196 g/mol. The fraction of sp³-hybridized carbons (Fsp3) is 0. The van der Waals surface area contributed by atoms with Gasteiger partial charge in [-0.25, -0.2) is 4.98 Å². The van der Waals surface area contributed by atoms with Crippen LogP contribution >= 0.6 is 0 Å². The highest BCUT2D eigenvalue weighted by molar-refractivity contribution is 5.75. The number of hydrogen-bond acceptors (Lipinski definition) is 1. The van der Waals surface area contributed by atoms with E-state index in [-0.39, 0.29) is 39.5 Å². The molecule has 0 atom stereocenters. The Morgan fingerprint density at radius 1 is 1.00 bits per heavy atom. The third-order valence-electron chi connectivity index (χ3n) is 1.33. The van der Waals surface area contributed by atoms with E-state index < -0.39 is 0 Å². The third kappa shape index (κ3) is 3.70. The number of imidazole rings is 1. The van der Waals surface area contributed by atoms with Crippen LogP contribution in [0.1, 0.15) is 0 Å². The molecule has 1 aromatic carbocycles. The molecule has 0 spiro atoms. The van der Waals surface area contributed by atoms with Crippen molar-refractivity contribution in [1.82, 2.24) is 9.97 Å². The lowest BCUT2D eigenvalue weighted by atomic mass is 10.3. The molecule has 0 saturated carbocycles. The van der Waals surface area contributed by atoms with Gasteiger partial charge in [0.15, 0.2) is 0 Å². The molecule has 70 valence electrons. The zero-order valence-electron chi connectivity index (χ0n) is 7.04. The van der Waals surface area contributed by atoms with Gasteiger partial charge >= 0.3 is 0 Å². The Balaban J connectivity index is -0.000000250. The first-order valence-corrected chi connectivity index (χ1v) is 2.85. The maximum absolute atomic E-state index is 4.06. The molecule has 13 heavy (non-hydrogen) atoms. The van der Waals surface area contributed by atoms with Crippen LogP contribution in [0.2, 0.25) is 0 Å². The summed E-state index contributed by atoms with van der Waals surface area (Å²) >= 11 is 0. The minimum Gasteiger partial charge on any atom is -0.412 e. The summed E-state index contributed by atoms with van der Waals surface area (Å²) in [4.78, 5) is 7.07. The molecule has 0 amide bonds. The molecular formula is C7H12MgN2O3. The molecule has 0 aliphatic rings. The number of aromatic nitrogens is 2. The van der Waals surface area contributed by atoms with Crippen molar-refractivity contribution in [1.29, 1.82) is 0 Å². The Kier molecular flexibility index (Phi) is 11.1. The lowest BCUT2D eigenvalue weighted by molar-refractivity contribution is 0.823. The van der Waals surface area contributed by atoms with E-state index in [9.17, 15) is 0 Å². The first kappa shape index (κ1) is 18.2. The van der Waals surface area contributed by atoms with Crippen molar-refractivity contribution >= 4 is 34.1 Å². The van der Waals surface area contributed by atoms with Crippen LogP contribution in [0.4, 0.5) is 0 Å². The average Bonchev–Trinajstić information content (AvgIpc) is 2.33. The second-order valence-electron chi connectivity index (χ2n) is 1.92. The maximum atomic E-state index is 4.06. The van der Waals surface area contributed by atoms with Crippen molar-refractivity contribution in [2.75, 3.05) is 0 Å². The van der Waals surface area contributed by atoms with Gasteiger partial charge in [0.2, 0.25) is 0 Å². The lowest BCUT2D eigenvalue weighted by Gasteiger charge is -1.81. The predicted octanol–water partition coefficient (Wildman–Crippen LogP) is -1.29. The largest absolute Gasteiger partial charge is 0.412 e. The van der Waals surface area contributed by atoms with Crippen molar-refractivity contribution in [3.8, 4) is 0 Å². The molecule has 7 N–H and O–H groups in total. The topological polar surface area (TPSA) is 123 Å². The summed E-state index contributed by atoms with van der Waals surface area (Å²) in [6, 6.07) is 7.94. The summed E-state index contributed by atoms with van der Waals surface area (Å²) in [6.45, 7) is 0. The molecule has 2 radical (unpaired) electrons. The van der Waals surface area contributed by atoms with Crippen LogP contribution < -0.4 is 0 Å². The maximum Gasteiger partial charge on any atom is 0.0931 e. The van der Waals surface area contributed by atoms with Gasteiger partial charge in [-0.15, -0.1) is 0 Å². The molecule has 0 aliphatic heterocycles. The smallest absolute Gasteiger partial charge is 0.0931 e. The van der Waals surface area contributed by atoms with Crippen LogP contribution in [0.15, 0.2) is 30.6 Å². The fourth-order valence-corrected chi connectivity index (χ4v) is 0.880. The number of fused-ring (bicyclic) bond motifs is 1. The Hall–Kier alpha value is -0.664. The van der Waals surface area contributed by atoms with Crippen molar-refractivity contribution in [3.05, 3.63) is 30.6 Å². The predicted molar refractivity (Wildman–Crippen MR) is 52.7 cm³/mol. The van der Waals surface area contributed by atoms with E-state index in [4.69, 9.17) is 0 Å². The zero-order chi connectivity index (χ0) is 6.10. The lowest BCUT2D eigenvalue weighted by Crippen LogP contribution is -1.63. The molecule has 0 fully saturated rings. The van der Waals surface area contributed by atoms with Crippen LogP contribution in [0, 0.1) is 0 Å². The van der Waals surface area contributed by atoms with Gasteiger partial charge in [0.1, 0.15) is 0 Å². The van der Waals surface area contributed by atoms with Crippen LogP contribution in [-0.4, -0.2) is 49.4 Å². The second-order valence-corrected chi connectivity index (χ2v) is 1.92. The Morgan fingerprint density at radius 2 is 1.62 bits per heavy atom. The summed E-state index contributed by atoms with van der Waals surface area (Å²) < 4.78 is 0. The molecule has 6 heteroatoms. The highest BCUT2D eigenvalue weighted by Crippen LogP contribution is 2.05. The normalized spacial score (nSPS) is 7.08. The number of hydrogen-bond donors (Lipinski definition) is 1. The summed E-state index contributed by atoms with van der Waals surface area (Å²) in [7, 11) is 0. The molecule has 0 unspecified atom stereocenters. The molecule has 0 saturated heterocycles. The van der Waals surface area contributed by atoms with E-state index in [0.717, 1.165) is 11.0 Å². The number of para-hydroxylation sites is 2. The van der Waals surface area contributed by atoms with E-state index in [1.54, 1.807) is 6.33 Å². The van der Waals surface area contributed by atoms with Gasteiger partial charge in [0.25, 0.3) is 0 Å². The second kappa shape index (κ2) is 7.96. The molecule has 0 aliphatic carbocycles. The summed E-state index contributed by atoms with van der Waals surface area (Å²) in [5.41, 5.74) is 2.12. The van der Waals surface area contributed by atoms with Crippen molar-refractivity contribution in [3.63, 3.8) is 0 Å². The van der Waals surface area contributed by atoms with Crippen molar-refractivity contribution in [2.24, 2.45) is 0 Å². The summed E-state index contributed by atoms with van der Waals surface area (Å²) in [6.07, 6.45) is 1.70. The summed E-state index contributed by atoms with van der Waals surface area (Å²) in [5, 5.41) is 0. The molecule has 5 nitrogen and oxygen atoms in total. The zero-order valence-corrected chi connectivity index (χ0v) is 8.46. The Bertz CT molecular complexity index is 296. The van der Waals surface area contributed by atoms with E-state index in [2.05, 4.69) is 9.97 Å². The summed E-state index contributed by atoms with van der Waals surface area (Å²) in [5.74, 6) is 0. The molecule has 2 aromatic rings. The standard InChI is InChI=1S/C7H6N2.Mg.3H2O/c1-2-4-7-6(3-1)8-5-9-7;;;;/h1-5H,(H,8,9);;3*1H2. The van der Waals surface area contributed by atoms with Gasteiger partial charge in [0.05, 0.1) is 17.4 Å². The molecule has 0 bridgehead atoms. The number of benzene rings is 1. The number of rotatable bonds is 0. The minimum atomic E-state index is 0. The molecule has 2 rings (SSSR count). The Morgan fingerprint density at radius 3 is 2.23 bits per heavy atom. The van der Waals surface area contributed by atoms with E-state index in [0.29, 0.717) is 0 Å². The van der Waals surface area contributed by atoms with Crippen LogP contribution in [-0.2, 0) is 0 Å². The van der Waals surface area contributed by atoms with E-state index in [1.807, 2.05) is 24.3 Å². The van der Waals surface area contributed by atoms with Gasteiger partial charge in [-0.1, -0.05) is 12.1 Å².